The van der Waals surface area contributed by atoms with Crippen LogP contribution < -0.4 is 0 Å². The second-order valence-electron chi connectivity index (χ2n) is 4.24. The van der Waals surface area contributed by atoms with Crippen LogP contribution in [0.2, 0.25) is 5.02 Å². The van der Waals surface area contributed by atoms with Crippen molar-refractivity contribution in [3.8, 4) is 0 Å². The maximum Gasteiger partial charge on any atom is 0.0688 e. The van der Waals surface area contributed by atoms with Crippen LogP contribution in [0.5, 0.6) is 0 Å². The molecule has 0 atom stereocenters. The molecule has 0 bridgehead atoms. The number of hydrogen-bond donors (Lipinski definition) is 1. The number of aliphatic hydroxyl groups is 1. The predicted octanol–water partition coefficient (Wildman–Crippen LogP) is 3.19. The Morgan fingerprint density at radius 1 is 1.29 bits per heavy atom. The van der Waals surface area contributed by atoms with Crippen LogP contribution in [0.3, 0.4) is 0 Å². The van der Waals surface area contributed by atoms with Crippen LogP contribution >= 0.6 is 11.6 Å². The lowest BCUT2D eigenvalue weighted by Crippen LogP contribution is -2.26. The molecule has 2 rings (SSSR count). The summed E-state index contributed by atoms with van der Waals surface area (Å²) in [6.45, 7) is 0. The fourth-order valence-electron chi connectivity index (χ4n) is 2.24. The van der Waals surface area contributed by atoms with Gasteiger partial charge in [-0.05, 0) is 30.5 Å². The fourth-order valence-corrected chi connectivity index (χ4v) is 2.45. The molecule has 1 aromatic rings. The Kier molecular flexibility index (Phi) is 2.80. The molecule has 0 spiro atoms. The van der Waals surface area contributed by atoms with Gasteiger partial charge < -0.3 is 5.11 Å². The lowest BCUT2D eigenvalue weighted by molar-refractivity contribution is 0.0482. The zero-order chi connectivity index (χ0) is 10.0. The van der Waals surface area contributed by atoms with Crippen molar-refractivity contribution in [3.05, 3.63) is 34.9 Å². The maximum atomic E-state index is 10.2. The van der Waals surface area contributed by atoms with Crippen LogP contribution in [0, 0.1) is 0 Å². The van der Waals surface area contributed by atoms with E-state index < -0.39 is 5.60 Å². The number of rotatable bonds is 2. The third kappa shape index (κ3) is 2.28. The highest BCUT2D eigenvalue weighted by atomic mass is 35.5. The van der Waals surface area contributed by atoms with E-state index in [9.17, 15) is 5.11 Å². The quantitative estimate of drug-likeness (QED) is 0.795. The van der Waals surface area contributed by atoms with Crippen molar-refractivity contribution < 1.29 is 5.11 Å². The van der Waals surface area contributed by atoms with Crippen LogP contribution in [0.25, 0.3) is 0 Å². The van der Waals surface area contributed by atoms with Crippen LogP contribution in [-0.4, -0.2) is 10.7 Å². The minimum absolute atomic E-state index is 0.468. The van der Waals surface area contributed by atoms with Gasteiger partial charge in [-0.2, -0.15) is 0 Å². The summed E-state index contributed by atoms with van der Waals surface area (Å²) in [6, 6.07) is 7.78. The SMILES string of the molecule is OC1(Cc2cccc(Cl)c2)CCCC1. The van der Waals surface area contributed by atoms with E-state index in [2.05, 4.69) is 0 Å². The van der Waals surface area contributed by atoms with E-state index in [0.29, 0.717) is 0 Å². The molecule has 76 valence electrons. The Morgan fingerprint density at radius 2 is 2.00 bits per heavy atom. The lowest BCUT2D eigenvalue weighted by Gasteiger charge is -2.21. The maximum absolute atomic E-state index is 10.2. The summed E-state index contributed by atoms with van der Waals surface area (Å²) < 4.78 is 0. The van der Waals surface area contributed by atoms with Gasteiger partial charge in [0.05, 0.1) is 5.60 Å². The molecule has 1 fully saturated rings. The third-order valence-electron chi connectivity index (χ3n) is 2.96. The van der Waals surface area contributed by atoms with Gasteiger partial charge in [0.15, 0.2) is 0 Å². The zero-order valence-electron chi connectivity index (χ0n) is 8.17. The van der Waals surface area contributed by atoms with E-state index >= 15 is 0 Å². The predicted molar refractivity (Wildman–Crippen MR) is 58.6 cm³/mol. The molecule has 0 saturated heterocycles. The van der Waals surface area contributed by atoms with Gasteiger partial charge in [-0.3, -0.25) is 0 Å². The van der Waals surface area contributed by atoms with E-state index in [1.807, 2.05) is 24.3 Å². The van der Waals surface area contributed by atoms with E-state index in [0.717, 1.165) is 42.7 Å². The van der Waals surface area contributed by atoms with Crippen molar-refractivity contribution in [2.75, 3.05) is 0 Å². The largest absolute Gasteiger partial charge is 0.390 e. The number of halogens is 1. The molecule has 1 N–H and O–H groups in total. The van der Waals surface area contributed by atoms with Crippen molar-refractivity contribution in [2.45, 2.75) is 37.7 Å². The molecule has 0 heterocycles. The average molecular weight is 211 g/mol. The van der Waals surface area contributed by atoms with Crippen molar-refractivity contribution in [3.63, 3.8) is 0 Å². The van der Waals surface area contributed by atoms with Gasteiger partial charge in [0, 0.05) is 11.4 Å². The fraction of sp³-hybridized carbons (Fsp3) is 0.500. The molecule has 0 aromatic heterocycles. The Labute approximate surface area is 89.7 Å². The summed E-state index contributed by atoms with van der Waals surface area (Å²) in [5.74, 6) is 0. The molecule has 1 aliphatic carbocycles. The van der Waals surface area contributed by atoms with Crippen molar-refractivity contribution in [1.82, 2.24) is 0 Å². The van der Waals surface area contributed by atoms with Gasteiger partial charge in [0.25, 0.3) is 0 Å². The smallest absolute Gasteiger partial charge is 0.0688 e. The summed E-state index contributed by atoms with van der Waals surface area (Å²) in [5.41, 5.74) is 0.673. The first kappa shape index (κ1) is 10.0. The number of hydrogen-bond acceptors (Lipinski definition) is 1. The van der Waals surface area contributed by atoms with Gasteiger partial charge in [0.2, 0.25) is 0 Å². The Hall–Kier alpha value is -0.530. The summed E-state index contributed by atoms with van der Waals surface area (Å²) in [6.07, 6.45) is 4.90. The highest BCUT2D eigenvalue weighted by Gasteiger charge is 2.30. The van der Waals surface area contributed by atoms with Gasteiger partial charge >= 0.3 is 0 Å². The highest BCUT2D eigenvalue weighted by molar-refractivity contribution is 6.30. The molecule has 0 aliphatic heterocycles. The normalized spacial score (nSPS) is 19.9. The molecular weight excluding hydrogens is 196 g/mol. The second kappa shape index (κ2) is 3.92. The topological polar surface area (TPSA) is 20.2 Å². The van der Waals surface area contributed by atoms with Crippen molar-refractivity contribution in [1.29, 1.82) is 0 Å². The first-order valence-corrected chi connectivity index (χ1v) is 5.53. The molecule has 0 radical (unpaired) electrons. The van der Waals surface area contributed by atoms with Crippen LogP contribution in [0.1, 0.15) is 31.2 Å². The molecule has 2 heteroatoms. The first-order chi connectivity index (χ1) is 6.68. The Bertz CT molecular complexity index is 316. The van der Waals surface area contributed by atoms with Crippen LogP contribution in [0.4, 0.5) is 0 Å². The van der Waals surface area contributed by atoms with Gasteiger partial charge in [0.1, 0.15) is 0 Å². The minimum atomic E-state index is -0.468. The Morgan fingerprint density at radius 3 is 2.64 bits per heavy atom. The molecule has 0 unspecified atom stereocenters. The van der Waals surface area contributed by atoms with E-state index in [-0.39, 0.29) is 0 Å². The van der Waals surface area contributed by atoms with Gasteiger partial charge in [-0.15, -0.1) is 0 Å². The summed E-state index contributed by atoms with van der Waals surface area (Å²) in [5, 5.41) is 10.9. The summed E-state index contributed by atoms with van der Waals surface area (Å²) in [4.78, 5) is 0. The monoisotopic (exact) mass is 210 g/mol. The van der Waals surface area contributed by atoms with E-state index in [4.69, 9.17) is 11.6 Å². The summed E-state index contributed by atoms with van der Waals surface area (Å²) in [7, 11) is 0. The van der Waals surface area contributed by atoms with Gasteiger partial charge in [-0.25, -0.2) is 0 Å². The van der Waals surface area contributed by atoms with Gasteiger partial charge in [-0.1, -0.05) is 36.6 Å². The average Bonchev–Trinajstić information content (AvgIpc) is 2.51. The molecule has 0 amide bonds. The first-order valence-electron chi connectivity index (χ1n) is 5.15. The molecular formula is C12H15ClO. The van der Waals surface area contributed by atoms with Crippen molar-refractivity contribution >= 4 is 11.6 Å². The molecule has 1 nitrogen and oxygen atoms in total. The lowest BCUT2D eigenvalue weighted by atomic mass is 9.93. The van der Waals surface area contributed by atoms with Crippen LogP contribution in [-0.2, 0) is 6.42 Å². The highest BCUT2D eigenvalue weighted by Crippen LogP contribution is 2.32. The summed E-state index contributed by atoms with van der Waals surface area (Å²) >= 11 is 5.89. The standard InChI is InChI=1S/C12H15ClO/c13-11-5-3-4-10(8-11)9-12(14)6-1-2-7-12/h3-5,8,14H,1-2,6-7,9H2. The zero-order valence-corrected chi connectivity index (χ0v) is 8.93. The van der Waals surface area contributed by atoms with Crippen molar-refractivity contribution in [2.24, 2.45) is 0 Å². The minimum Gasteiger partial charge on any atom is -0.390 e. The third-order valence-corrected chi connectivity index (χ3v) is 3.19. The number of benzene rings is 1. The molecule has 1 aromatic carbocycles. The van der Waals surface area contributed by atoms with E-state index in [1.165, 1.54) is 0 Å². The second-order valence-corrected chi connectivity index (χ2v) is 4.67. The molecule has 1 saturated carbocycles. The van der Waals surface area contributed by atoms with E-state index in [1.54, 1.807) is 0 Å². The molecule has 14 heavy (non-hydrogen) atoms. The Balaban J connectivity index is 2.10. The molecule has 1 aliphatic rings. The van der Waals surface area contributed by atoms with Crippen LogP contribution in [0.15, 0.2) is 24.3 Å².